The van der Waals surface area contributed by atoms with Crippen molar-refractivity contribution >= 4 is 11.9 Å². The molecule has 0 aromatic rings. The van der Waals surface area contributed by atoms with Crippen LogP contribution in [0, 0.1) is 0 Å². The molecule has 0 N–H and O–H groups in total. The fraction of sp³-hybridized carbons (Fsp3) is 0.556. The Hall–Kier alpha value is -1.32. The van der Waals surface area contributed by atoms with Gasteiger partial charge < -0.3 is 9.47 Å². The first kappa shape index (κ1) is 11.7. The van der Waals surface area contributed by atoms with Crippen molar-refractivity contribution in [1.29, 1.82) is 0 Å². The van der Waals surface area contributed by atoms with Gasteiger partial charge in [-0.05, 0) is 13.3 Å². The molecule has 0 fully saturated rings. The second-order valence-corrected chi connectivity index (χ2v) is 2.61. The summed E-state index contributed by atoms with van der Waals surface area (Å²) >= 11 is 0. The van der Waals surface area contributed by atoms with Gasteiger partial charge in [-0.25, -0.2) is 9.59 Å². The maximum absolute atomic E-state index is 11.0. The number of ether oxygens (including phenoxy) is 2. The average Bonchev–Trinajstić information content (AvgIpc) is 2.12. The minimum absolute atomic E-state index is 0.266. The fourth-order valence-corrected chi connectivity index (χ4v) is 0.659. The molecule has 0 aliphatic heterocycles. The summed E-state index contributed by atoms with van der Waals surface area (Å²) in [7, 11) is 1.25. The number of hydrogen-bond donors (Lipinski definition) is 0. The van der Waals surface area contributed by atoms with Crippen LogP contribution in [-0.4, -0.2) is 25.2 Å². The Balaban J connectivity index is 4.21. The highest BCUT2D eigenvalue weighted by Gasteiger charge is 2.21. The molecule has 0 spiro atoms. The van der Waals surface area contributed by atoms with Crippen LogP contribution >= 0.6 is 0 Å². The summed E-state index contributed by atoms with van der Waals surface area (Å²) < 4.78 is 9.24. The Morgan fingerprint density at radius 2 is 2.00 bits per heavy atom. The predicted molar refractivity (Wildman–Crippen MR) is 47.0 cm³/mol. The number of methoxy groups -OCH3 is 1. The number of rotatable bonds is 4. The van der Waals surface area contributed by atoms with Gasteiger partial charge in [0.2, 0.25) is 0 Å². The Morgan fingerprint density at radius 3 is 2.31 bits per heavy atom. The van der Waals surface area contributed by atoms with E-state index < -0.39 is 18.0 Å². The normalized spacial score (nSPS) is 11.6. The molecule has 0 aliphatic rings. The smallest absolute Gasteiger partial charge is 0.347 e. The van der Waals surface area contributed by atoms with Gasteiger partial charge in [-0.1, -0.05) is 13.5 Å². The third kappa shape index (κ3) is 3.73. The fourth-order valence-electron chi connectivity index (χ4n) is 0.659. The first-order valence-electron chi connectivity index (χ1n) is 3.97. The summed E-state index contributed by atoms with van der Waals surface area (Å²) in [6.45, 7) is 6.65. The second kappa shape index (κ2) is 5.35. The Morgan fingerprint density at radius 1 is 1.46 bits per heavy atom. The molecule has 4 nitrogen and oxygen atoms in total. The lowest BCUT2D eigenvalue weighted by atomic mass is 10.3. The van der Waals surface area contributed by atoms with E-state index in [0.717, 1.165) is 0 Å². The van der Waals surface area contributed by atoms with Gasteiger partial charge in [0.15, 0.2) is 6.10 Å². The third-order valence-corrected chi connectivity index (χ3v) is 1.43. The van der Waals surface area contributed by atoms with E-state index in [0.29, 0.717) is 6.42 Å². The van der Waals surface area contributed by atoms with Gasteiger partial charge in [0.1, 0.15) is 0 Å². The lowest BCUT2D eigenvalue weighted by molar-refractivity contribution is -0.163. The van der Waals surface area contributed by atoms with Gasteiger partial charge in [0.05, 0.1) is 7.11 Å². The molecular weight excluding hydrogens is 172 g/mol. The minimum Gasteiger partial charge on any atom is -0.466 e. The summed E-state index contributed by atoms with van der Waals surface area (Å²) in [6.07, 6.45) is -0.430. The molecule has 4 heteroatoms. The molecule has 0 radical (unpaired) electrons. The molecule has 0 saturated heterocycles. The van der Waals surface area contributed by atoms with Crippen LogP contribution in [0.1, 0.15) is 20.3 Å². The average molecular weight is 186 g/mol. The van der Waals surface area contributed by atoms with Crippen molar-refractivity contribution in [3.8, 4) is 0 Å². The van der Waals surface area contributed by atoms with Crippen LogP contribution in [0.4, 0.5) is 0 Å². The molecule has 1 unspecified atom stereocenters. The van der Waals surface area contributed by atoms with Crippen LogP contribution in [0.5, 0.6) is 0 Å². The van der Waals surface area contributed by atoms with Crippen molar-refractivity contribution in [2.75, 3.05) is 7.11 Å². The summed E-state index contributed by atoms with van der Waals surface area (Å²) in [6, 6.07) is 0. The molecule has 0 aliphatic carbocycles. The Bertz CT molecular complexity index is 220. The van der Waals surface area contributed by atoms with Gasteiger partial charge >= 0.3 is 11.9 Å². The quantitative estimate of drug-likeness (QED) is 0.486. The standard InChI is InChI=1S/C9H14O4/c1-5-7(9(11)12-4)13-8(10)6(2)3/h7H,2,5H2,1,3-4H3. The zero-order chi connectivity index (χ0) is 10.4. The van der Waals surface area contributed by atoms with Crippen LogP contribution in [0.15, 0.2) is 12.2 Å². The lowest BCUT2D eigenvalue weighted by Gasteiger charge is -2.13. The molecule has 0 aromatic heterocycles. The molecule has 0 heterocycles. The highest BCUT2D eigenvalue weighted by atomic mass is 16.6. The topological polar surface area (TPSA) is 52.6 Å². The molecular formula is C9H14O4. The van der Waals surface area contributed by atoms with E-state index in [9.17, 15) is 9.59 Å². The summed E-state index contributed by atoms with van der Waals surface area (Å²) in [5.74, 6) is -1.12. The minimum atomic E-state index is -0.825. The predicted octanol–water partition coefficient (Wildman–Crippen LogP) is 1.06. The van der Waals surface area contributed by atoms with E-state index in [1.807, 2.05) is 0 Å². The van der Waals surface area contributed by atoms with Crippen molar-refractivity contribution in [1.82, 2.24) is 0 Å². The first-order valence-corrected chi connectivity index (χ1v) is 3.97. The number of hydrogen-bond acceptors (Lipinski definition) is 4. The first-order chi connectivity index (χ1) is 6.02. The van der Waals surface area contributed by atoms with E-state index in [1.54, 1.807) is 6.92 Å². The SMILES string of the molecule is C=C(C)C(=O)OC(CC)C(=O)OC. The highest BCUT2D eigenvalue weighted by Crippen LogP contribution is 2.04. The number of carbonyl (C=O) groups is 2. The molecule has 0 amide bonds. The van der Waals surface area contributed by atoms with E-state index in [1.165, 1.54) is 14.0 Å². The van der Waals surface area contributed by atoms with Crippen molar-refractivity contribution in [2.45, 2.75) is 26.4 Å². The highest BCUT2D eigenvalue weighted by molar-refractivity contribution is 5.89. The number of carbonyl (C=O) groups excluding carboxylic acids is 2. The van der Waals surface area contributed by atoms with E-state index >= 15 is 0 Å². The molecule has 0 bridgehead atoms. The van der Waals surface area contributed by atoms with Gasteiger partial charge in [0, 0.05) is 5.57 Å². The van der Waals surface area contributed by atoms with Gasteiger partial charge in [-0.15, -0.1) is 0 Å². The molecule has 0 saturated carbocycles. The number of esters is 2. The second-order valence-electron chi connectivity index (χ2n) is 2.61. The molecule has 1 atom stereocenters. The maximum Gasteiger partial charge on any atom is 0.347 e. The van der Waals surface area contributed by atoms with Crippen molar-refractivity contribution in [3.63, 3.8) is 0 Å². The zero-order valence-corrected chi connectivity index (χ0v) is 8.12. The van der Waals surface area contributed by atoms with Crippen molar-refractivity contribution in [2.24, 2.45) is 0 Å². The van der Waals surface area contributed by atoms with E-state index in [4.69, 9.17) is 4.74 Å². The van der Waals surface area contributed by atoms with Crippen LogP contribution in [0.25, 0.3) is 0 Å². The maximum atomic E-state index is 11.0. The molecule has 13 heavy (non-hydrogen) atoms. The van der Waals surface area contributed by atoms with Gasteiger partial charge in [0.25, 0.3) is 0 Å². The van der Waals surface area contributed by atoms with Gasteiger partial charge in [-0.2, -0.15) is 0 Å². The lowest BCUT2D eigenvalue weighted by Crippen LogP contribution is -2.27. The third-order valence-electron chi connectivity index (χ3n) is 1.43. The Labute approximate surface area is 77.5 Å². The molecule has 0 aromatic carbocycles. The molecule has 0 rings (SSSR count). The summed E-state index contributed by atoms with van der Waals surface area (Å²) in [4.78, 5) is 22.0. The van der Waals surface area contributed by atoms with E-state index in [2.05, 4.69) is 11.3 Å². The van der Waals surface area contributed by atoms with E-state index in [-0.39, 0.29) is 5.57 Å². The molecule has 74 valence electrons. The zero-order valence-electron chi connectivity index (χ0n) is 8.12. The van der Waals surface area contributed by atoms with Crippen LogP contribution in [-0.2, 0) is 19.1 Å². The summed E-state index contributed by atoms with van der Waals surface area (Å²) in [5.41, 5.74) is 0.266. The van der Waals surface area contributed by atoms with Crippen molar-refractivity contribution in [3.05, 3.63) is 12.2 Å². The van der Waals surface area contributed by atoms with Crippen LogP contribution < -0.4 is 0 Å². The largest absolute Gasteiger partial charge is 0.466 e. The van der Waals surface area contributed by atoms with Crippen LogP contribution in [0.2, 0.25) is 0 Å². The summed E-state index contributed by atoms with van der Waals surface area (Å²) in [5, 5.41) is 0. The van der Waals surface area contributed by atoms with Crippen molar-refractivity contribution < 1.29 is 19.1 Å². The van der Waals surface area contributed by atoms with Gasteiger partial charge in [-0.3, -0.25) is 0 Å². The Kier molecular flexibility index (Phi) is 4.80. The monoisotopic (exact) mass is 186 g/mol. The van der Waals surface area contributed by atoms with Crippen LogP contribution in [0.3, 0.4) is 0 Å².